The third-order valence-corrected chi connectivity index (χ3v) is 2.43. The molecule has 7 nitrogen and oxygen atoms in total. The number of benzene rings is 1. The summed E-state index contributed by atoms with van der Waals surface area (Å²) in [6, 6.07) is 3.10. The molecule has 0 heterocycles. The molecule has 0 saturated carbocycles. The first kappa shape index (κ1) is 16.7. The normalized spacial score (nSPS) is 10.8. The minimum atomic E-state index is -1.97. The van der Waals surface area contributed by atoms with Gasteiger partial charge >= 0.3 is 19.1 Å². The summed E-state index contributed by atoms with van der Waals surface area (Å²) in [4.78, 5) is 22.8. The Morgan fingerprint density at radius 3 is 2.48 bits per heavy atom. The summed E-state index contributed by atoms with van der Waals surface area (Å²) < 4.78 is 22.0. The fourth-order valence-electron chi connectivity index (χ4n) is 1.44. The molecule has 21 heavy (non-hydrogen) atoms. The van der Waals surface area contributed by atoms with Crippen LogP contribution in [0.15, 0.2) is 30.0 Å². The van der Waals surface area contributed by atoms with E-state index in [0.717, 1.165) is 32.4 Å². The highest BCUT2D eigenvalue weighted by Gasteiger charge is 2.20. The van der Waals surface area contributed by atoms with Crippen LogP contribution in [0.25, 0.3) is 0 Å². The highest BCUT2D eigenvalue weighted by molar-refractivity contribution is 6.60. The van der Waals surface area contributed by atoms with E-state index in [2.05, 4.69) is 14.8 Å². The van der Waals surface area contributed by atoms with Gasteiger partial charge in [0.15, 0.2) is 0 Å². The molecule has 9 heteroatoms. The van der Waals surface area contributed by atoms with Crippen molar-refractivity contribution in [3.05, 3.63) is 35.8 Å². The maximum atomic E-state index is 13.1. The second-order valence-electron chi connectivity index (χ2n) is 3.80. The molecule has 3 N–H and O–H groups in total. The summed E-state index contributed by atoms with van der Waals surface area (Å²) >= 11 is 0. The Labute approximate surface area is 120 Å². The molecule has 0 bridgehead atoms. The lowest BCUT2D eigenvalue weighted by atomic mass is 9.79. The van der Waals surface area contributed by atoms with Crippen LogP contribution in [0.1, 0.15) is 0 Å². The summed E-state index contributed by atoms with van der Waals surface area (Å²) in [5.41, 5.74) is -0.500. The van der Waals surface area contributed by atoms with Crippen LogP contribution in [0.2, 0.25) is 0 Å². The molecule has 0 spiro atoms. The van der Waals surface area contributed by atoms with Gasteiger partial charge in [-0.15, -0.1) is 0 Å². The Kier molecular flexibility index (Phi) is 5.88. The van der Waals surface area contributed by atoms with E-state index in [4.69, 9.17) is 0 Å². The number of halogens is 1. The van der Waals surface area contributed by atoms with Crippen molar-refractivity contribution in [2.24, 2.45) is 0 Å². The van der Waals surface area contributed by atoms with Crippen LogP contribution in [0.3, 0.4) is 0 Å². The Hall–Kier alpha value is -2.39. The zero-order chi connectivity index (χ0) is 16.0. The maximum Gasteiger partial charge on any atom is 0.490 e. The molecule has 1 aromatic rings. The van der Waals surface area contributed by atoms with Crippen LogP contribution < -0.4 is 10.8 Å². The Morgan fingerprint density at radius 1 is 1.29 bits per heavy atom. The quantitative estimate of drug-likeness (QED) is 0.369. The molecule has 1 rings (SSSR count). The number of rotatable bonds is 5. The molecule has 0 amide bonds. The monoisotopic (exact) mass is 297 g/mol. The number of methoxy groups -OCH3 is 2. The van der Waals surface area contributed by atoms with Gasteiger partial charge in [0, 0.05) is 11.2 Å². The predicted octanol–water partition coefficient (Wildman–Crippen LogP) is -0.853. The van der Waals surface area contributed by atoms with Crippen LogP contribution in [0.5, 0.6) is 0 Å². The van der Waals surface area contributed by atoms with E-state index in [-0.39, 0.29) is 16.8 Å². The van der Waals surface area contributed by atoms with Gasteiger partial charge in [-0.3, -0.25) is 0 Å². The molecule has 0 aliphatic heterocycles. The summed E-state index contributed by atoms with van der Waals surface area (Å²) in [6.45, 7) is 0. The predicted molar refractivity (Wildman–Crippen MR) is 72.0 cm³/mol. The molecular formula is C12H13BFNO6. The zero-order valence-corrected chi connectivity index (χ0v) is 11.3. The van der Waals surface area contributed by atoms with Crippen molar-refractivity contribution in [2.75, 3.05) is 19.5 Å². The lowest BCUT2D eigenvalue weighted by Gasteiger charge is -2.13. The first-order valence-corrected chi connectivity index (χ1v) is 5.69. The van der Waals surface area contributed by atoms with Gasteiger partial charge in [0.25, 0.3) is 0 Å². The van der Waals surface area contributed by atoms with Crippen LogP contribution in [0.4, 0.5) is 10.1 Å². The summed E-state index contributed by atoms with van der Waals surface area (Å²) in [6.07, 6.45) is 0.822. The molecule has 0 atom stereocenters. The van der Waals surface area contributed by atoms with Crippen LogP contribution in [0, 0.1) is 5.82 Å². The molecule has 0 radical (unpaired) electrons. The average Bonchev–Trinajstić information content (AvgIpc) is 2.46. The number of anilines is 1. The molecule has 0 aliphatic carbocycles. The molecule has 1 aromatic carbocycles. The molecule has 0 fully saturated rings. The van der Waals surface area contributed by atoms with Gasteiger partial charge in [-0.1, -0.05) is 0 Å². The minimum Gasteiger partial charge on any atom is -0.466 e. The van der Waals surface area contributed by atoms with E-state index in [1.54, 1.807) is 0 Å². The number of carbonyl (C=O) groups excluding carboxylic acids is 2. The van der Waals surface area contributed by atoms with Gasteiger partial charge in [-0.2, -0.15) is 0 Å². The number of hydrogen-bond acceptors (Lipinski definition) is 7. The van der Waals surface area contributed by atoms with Gasteiger partial charge in [0.05, 0.1) is 20.3 Å². The van der Waals surface area contributed by atoms with Crippen molar-refractivity contribution in [3.8, 4) is 0 Å². The fourth-order valence-corrected chi connectivity index (χ4v) is 1.44. The number of hydrogen-bond donors (Lipinski definition) is 3. The van der Waals surface area contributed by atoms with Crippen molar-refractivity contribution in [2.45, 2.75) is 0 Å². The average molecular weight is 297 g/mol. The van der Waals surface area contributed by atoms with Gasteiger partial charge < -0.3 is 24.8 Å². The number of nitrogens with one attached hydrogen (secondary N) is 1. The van der Waals surface area contributed by atoms with Crippen molar-refractivity contribution < 1.29 is 33.5 Å². The van der Waals surface area contributed by atoms with Crippen LogP contribution in [-0.2, 0) is 19.1 Å². The number of ether oxygens (including phenoxy) is 2. The third-order valence-electron chi connectivity index (χ3n) is 2.43. The summed E-state index contributed by atoms with van der Waals surface area (Å²) in [7, 11) is 0.246. The molecule has 112 valence electrons. The standard InChI is InChI=1S/C12H13BFNO6/c1-20-11(16)6-10(12(17)21-2)15-9-4-3-7(14)5-8(9)13(18)19/h3-6,15,18-19H,1-2H3/b10-6+. The molecule has 0 aliphatic rings. The molecular weight excluding hydrogens is 284 g/mol. The minimum absolute atomic E-state index is 0.0203. The maximum absolute atomic E-state index is 13.1. The second kappa shape index (κ2) is 7.41. The third kappa shape index (κ3) is 4.58. The van der Waals surface area contributed by atoms with E-state index in [1.165, 1.54) is 6.07 Å². The lowest BCUT2D eigenvalue weighted by molar-refractivity contribution is -0.138. The highest BCUT2D eigenvalue weighted by Crippen LogP contribution is 2.11. The van der Waals surface area contributed by atoms with Crippen molar-refractivity contribution in [1.82, 2.24) is 0 Å². The van der Waals surface area contributed by atoms with Crippen molar-refractivity contribution in [1.29, 1.82) is 0 Å². The Balaban J connectivity index is 3.18. The molecule has 0 aromatic heterocycles. The highest BCUT2D eigenvalue weighted by atomic mass is 19.1. The second-order valence-corrected chi connectivity index (χ2v) is 3.80. The SMILES string of the molecule is COC(=O)/C=C(/Nc1ccc(F)cc1B(O)O)C(=O)OC. The van der Waals surface area contributed by atoms with Crippen molar-refractivity contribution in [3.63, 3.8) is 0 Å². The largest absolute Gasteiger partial charge is 0.490 e. The number of carbonyl (C=O) groups is 2. The fraction of sp³-hybridized carbons (Fsp3) is 0.167. The summed E-state index contributed by atoms with van der Waals surface area (Å²) in [5.74, 6) is -2.40. The van der Waals surface area contributed by atoms with E-state index in [0.29, 0.717) is 0 Å². The smallest absolute Gasteiger partial charge is 0.466 e. The van der Waals surface area contributed by atoms with E-state index >= 15 is 0 Å². The Bertz CT molecular complexity index is 575. The van der Waals surface area contributed by atoms with Crippen molar-refractivity contribution >= 4 is 30.2 Å². The van der Waals surface area contributed by atoms with Gasteiger partial charge in [0.1, 0.15) is 11.5 Å². The molecule has 0 saturated heterocycles. The van der Waals surface area contributed by atoms with Gasteiger partial charge in [0.2, 0.25) is 0 Å². The zero-order valence-electron chi connectivity index (χ0n) is 11.3. The first-order chi connectivity index (χ1) is 9.88. The first-order valence-electron chi connectivity index (χ1n) is 5.69. The van der Waals surface area contributed by atoms with Gasteiger partial charge in [-0.05, 0) is 18.2 Å². The molecule has 0 unspecified atom stereocenters. The number of esters is 2. The van der Waals surface area contributed by atoms with Gasteiger partial charge in [-0.25, -0.2) is 14.0 Å². The lowest BCUT2D eigenvalue weighted by Crippen LogP contribution is -2.33. The van der Waals surface area contributed by atoms with E-state index in [1.807, 2.05) is 0 Å². The Morgan fingerprint density at radius 2 is 1.95 bits per heavy atom. The van der Waals surface area contributed by atoms with Crippen LogP contribution in [-0.4, -0.2) is 43.3 Å². The summed E-state index contributed by atoms with van der Waals surface area (Å²) in [5, 5.41) is 20.8. The topological polar surface area (TPSA) is 105 Å². The van der Waals surface area contributed by atoms with E-state index < -0.39 is 24.9 Å². The van der Waals surface area contributed by atoms with Crippen LogP contribution >= 0.6 is 0 Å². The van der Waals surface area contributed by atoms with E-state index in [9.17, 15) is 24.0 Å².